The lowest BCUT2D eigenvalue weighted by Crippen LogP contribution is -2.51. The molecule has 42 heavy (non-hydrogen) atoms. The molecule has 0 radical (unpaired) electrons. The number of hydrogen-bond acceptors (Lipinski definition) is 8. The van der Waals surface area contributed by atoms with Crippen LogP contribution in [-0.2, 0) is 6.18 Å². The molecule has 1 aliphatic rings. The molecular weight excluding hydrogens is 541 g/mol. The second kappa shape index (κ2) is 11.6. The van der Waals surface area contributed by atoms with Gasteiger partial charge in [0.2, 0.25) is 0 Å². The molecule has 0 aromatic carbocycles. The van der Waals surface area contributed by atoms with Crippen molar-refractivity contribution in [3.63, 3.8) is 0 Å². The summed E-state index contributed by atoms with van der Waals surface area (Å²) in [7, 11) is 0. The molecule has 0 bridgehead atoms. The number of nitrogen functional groups attached to an aromatic ring is 1. The van der Waals surface area contributed by atoms with Gasteiger partial charge in [-0.15, -0.1) is 0 Å². The molecule has 0 unspecified atom stereocenters. The zero-order chi connectivity index (χ0) is 30.9. The summed E-state index contributed by atoms with van der Waals surface area (Å²) in [5.74, 6) is 0.553. The van der Waals surface area contributed by atoms with E-state index in [1.807, 2.05) is 12.1 Å². The number of rotatable bonds is 8. The summed E-state index contributed by atoms with van der Waals surface area (Å²) >= 11 is 0. The van der Waals surface area contributed by atoms with Crippen LogP contribution < -0.4 is 21.3 Å². The van der Waals surface area contributed by atoms with Crippen molar-refractivity contribution in [1.82, 2.24) is 25.3 Å². The van der Waals surface area contributed by atoms with Crippen molar-refractivity contribution in [2.45, 2.75) is 65.6 Å². The highest BCUT2D eigenvalue weighted by Gasteiger charge is 2.37. The van der Waals surface area contributed by atoms with E-state index in [1.54, 1.807) is 6.20 Å². The Morgan fingerprint density at radius 1 is 1.07 bits per heavy atom. The van der Waals surface area contributed by atoms with Crippen LogP contribution in [0.1, 0.15) is 63.8 Å². The van der Waals surface area contributed by atoms with Gasteiger partial charge in [0.05, 0.1) is 23.1 Å². The molecule has 4 heterocycles. The summed E-state index contributed by atoms with van der Waals surface area (Å²) in [6, 6.07) is 5.13. The zero-order valence-electron chi connectivity index (χ0n) is 24.9. The maximum absolute atomic E-state index is 13.9. The number of nitrogens with zero attached hydrogens (tertiary/aromatic N) is 5. The number of piperidine rings is 1. The van der Waals surface area contributed by atoms with E-state index in [-0.39, 0.29) is 45.1 Å². The lowest BCUT2D eigenvalue weighted by atomic mass is 9.86. The van der Waals surface area contributed by atoms with Gasteiger partial charge < -0.3 is 21.3 Å². The number of aryl methyl sites for hydroxylation is 1. The Balaban J connectivity index is 1.53. The molecule has 3 aromatic heterocycles. The van der Waals surface area contributed by atoms with E-state index >= 15 is 0 Å². The number of alkyl halides is 3. The molecule has 0 saturated carbocycles. The predicted octanol–water partition coefficient (Wildman–Crippen LogP) is 6.82. The lowest BCUT2D eigenvalue weighted by molar-refractivity contribution is -0.137. The summed E-state index contributed by atoms with van der Waals surface area (Å²) in [5.41, 5.74) is 7.27. The normalized spacial score (nSPS) is 15.3. The van der Waals surface area contributed by atoms with Crippen molar-refractivity contribution in [3.05, 3.63) is 72.5 Å². The zero-order valence-corrected chi connectivity index (χ0v) is 24.9. The first-order valence-electron chi connectivity index (χ1n) is 13.8. The quantitative estimate of drug-likeness (QED) is 0.267. The number of aromatic nitrogens is 4. The van der Waals surface area contributed by atoms with Crippen LogP contribution in [0.2, 0.25) is 0 Å². The highest BCUT2D eigenvalue weighted by molar-refractivity contribution is 5.82. The van der Waals surface area contributed by atoms with Crippen molar-refractivity contribution < 1.29 is 13.2 Å². The maximum Gasteiger partial charge on any atom is 0.418 e. The minimum atomic E-state index is -4.62. The van der Waals surface area contributed by atoms with E-state index in [2.05, 4.69) is 76.3 Å². The standard InChI is InChI=1S/C31H39F3N8/c1-19-10-14-36-26(24(19)31(32,33)34)22-18-38-27(35)25(40-22)21(3)39-28-23(9-8-13-37-28)42-15-11-30(7,12-16-42)41-20(2)17-29(4,5)6/h8-10,13-14,18,41H,2-3,11-12,15-17H2,1,4-7H3,(H2,35,38)(H,37,39). The van der Waals surface area contributed by atoms with E-state index < -0.39 is 11.7 Å². The third-order valence-corrected chi connectivity index (χ3v) is 7.26. The molecule has 11 heteroatoms. The Labute approximate surface area is 245 Å². The fraction of sp³-hybridized carbons (Fsp3) is 0.419. The molecular formula is C31H39F3N8. The monoisotopic (exact) mass is 580 g/mol. The summed E-state index contributed by atoms with van der Waals surface area (Å²) < 4.78 is 41.6. The van der Waals surface area contributed by atoms with Crippen LogP contribution in [0.5, 0.6) is 0 Å². The lowest BCUT2D eigenvalue weighted by Gasteiger charge is -2.42. The Morgan fingerprint density at radius 3 is 2.40 bits per heavy atom. The van der Waals surface area contributed by atoms with Crippen LogP contribution in [0, 0.1) is 12.3 Å². The van der Waals surface area contributed by atoms with E-state index in [0.717, 1.165) is 43.7 Å². The van der Waals surface area contributed by atoms with Gasteiger partial charge in [-0.05, 0) is 62.3 Å². The van der Waals surface area contributed by atoms with Crippen LogP contribution in [0.3, 0.4) is 0 Å². The van der Waals surface area contributed by atoms with E-state index in [1.165, 1.54) is 25.4 Å². The van der Waals surface area contributed by atoms with Gasteiger partial charge in [0.25, 0.3) is 0 Å². The Bertz CT molecular complexity index is 1470. The third kappa shape index (κ3) is 7.18. The number of nitrogens with two attached hydrogens (primary N) is 1. The van der Waals surface area contributed by atoms with E-state index in [4.69, 9.17) is 5.73 Å². The first-order chi connectivity index (χ1) is 19.6. The van der Waals surface area contributed by atoms with Crippen LogP contribution in [0.15, 0.2) is 55.6 Å². The third-order valence-electron chi connectivity index (χ3n) is 7.26. The predicted molar refractivity (Wildman–Crippen MR) is 163 cm³/mol. The van der Waals surface area contributed by atoms with Crippen LogP contribution >= 0.6 is 0 Å². The Hall–Kier alpha value is -4.15. The average Bonchev–Trinajstić information content (AvgIpc) is 2.87. The van der Waals surface area contributed by atoms with Crippen LogP contribution in [0.25, 0.3) is 17.1 Å². The average molecular weight is 581 g/mol. The second-order valence-electron chi connectivity index (χ2n) is 12.3. The number of hydrogen-bond donors (Lipinski definition) is 3. The Kier molecular flexibility index (Phi) is 8.52. The molecule has 224 valence electrons. The van der Waals surface area contributed by atoms with Crippen molar-refractivity contribution >= 4 is 23.0 Å². The largest absolute Gasteiger partial charge is 0.418 e. The van der Waals surface area contributed by atoms with Crippen LogP contribution in [0.4, 0.5) is 30.5 Å². The van der Waals surface area contributed by atoms with E-state index in [9.17, 15) is 13.2 Å². The second-order valence-corrected chi connectivity index (χ2v) is 12.3. The number of pyridine rings is 2. The smallest absolute Gasteiger partial charge is 0.384 e. The summed E-state index contributed by atoms with van der Waals surface area (Å²) in [5, 5.41) is 6.84. The van der Waals surface area contributed by atoms with Crippen molar-refractivity contribution in [2.75, 3.05) is 29.0 Å². The SMILES string of the molecule is C=C(CC(C)(C)C)NC1(C)CCN(c2cccnc2NC(=C)c2nc(-c3nccc(C)c3C(F)(F)F)cnc2N)CC1. The number of anilines is 3. The molecule has 8 nitrogen and oxygen atoms in total. The highest BCUT2D eigenvalue weighted by Crippen LogP contribution is 2.38. The van der Waals surface area contributed by atoms with Gasteiger partial charge in [0.15, 0.2) is 11.6 Å². The summed E-state index contributed by atoms with van der Waals surface area (Å²) in [6.07, 6.45) is 2.23. The summed E-state index contributed by atoms with van der Waals surface area (Å²) in [4.78, 5) is 19.2. The van der Waals surface area contributed by atoms with Gasteiger partial charge in [0.1, 0.15) is 17.1 Å². The number of allylic oxidation sites excluding steroid dienone is 1. The molecule has 4 N–H and O–H groups in total. The fourth-order valence-electron chi connectivity index (χ4n) is 5.27. The topological polar surface area (TPSA) is 105 Å². The van der Waals surface area contributed by atoms with Gasteiger partial charge in [-0.3, -0.25) is 4.98 Å². The molecule has 1 saturated heterocycles. The minimum Gasteiger partial charge on any atom is -0.384 e. The molecule has 3 aromatic rings. The van der Waals surface area contributed by atoms with E-state index in [0.29, 0.717) is 5.82 Å². The highest BCUT2D eigenvalue weighted by atomic mass is 19.4. The van der Waals surface area contributed by atoms with Crippen molar-refractivity contribution in [2.24, 2.45) is 5.41 Å². The molecule has 0 aliphatic carbocycles. The number of halogens is 3. The van der Waals surface area contributed by atoms with Gasteiger partial charge in [-0.2, -0.15) is 13.2 Å². The molecule has 0 amide bonds. The molecule has 0 spiro atoms. The van der Waals surface area contributed by atoms with Gasteiger partial charge in [0, 0.05) is 36.7 Å². The van der Waals surface area contributed by atoms with Crippen molar-refractivity contribution in [1.29, 1.82) is 0 Å². The molecule has 4 rings (SSSR count). The molecule has 1 aliphatic heterocycles. The fourth-order valence-corrected chi connectivity index (χ4v) is 5.27. The first-order valence-corrected chi connectivity index (χ1v) is 13.8. The van der Waals surface area contributed by atoms with Gasteiger partial charge >= 0.3 is 6.18 Å². The minimum absolute atomic E-state index is 0.0187. The maximum atomic E-state index is 13.9. The van der Waals surface area contributed by atoms with Crippen LogP contribution in [-0.4, -0.2) is 38.6 Å². The molecule has 1 fully saturated rings. The summed E-state index contributed by atoms with van der Waals surface area (Å²) in [6.45, 7) is 20.1. The number of nitrogens with one attached hydrogen (secondary N) is 2. The van der Waals surface area contributed by atoms with Gasteiger partial charge in [-0.1, -0.05) is 33.9 Å². The Morgan fingerprint density at radius 2 is 1.76 bits per heavy atom. The molecule has 0 atom stereocenters. The van der Waals surface area contributed by atoms with Gasteiger partial charge in [-0.25, -0.2) is 15.0 Å². The first kappa shape index (κ1) is 30.8. The van der Waals surface area contributed by atoms with Crippen molar-refractivity contribution in [3.8, 4) is 11.4 Å².